The van der Waals surface area contributed by atoms with E-state index in [1.807, 2.05) is 7.05 Å². The first kappa shape index (κ1) is 9.05. The quantitative estimate of drug-likeness (QED) is 0.597. The Kier molecular flexibility index (Phi) is 3.37. The third-order valence-corrected chi connectivity index (χ3v) is 2.82. The van der Waals surface area contributed by atoms with E-state index in [2.05, 4.69) is 12.1 Å². The van der Waals surface area contributed by atoms with Crippen molar-refractivity contribution in [3.8, 4) is 0 Å². The number of alkyl halides is 1. The number of hydrogen-bond donors (Lipinski definition) is 1. The van der Waals surface area contributed by atoms with E-state index in [0.717, 1.165) is 26.5 Å². The van der Waals surface area contributed by atoms with Gasteiger partial charge in [0.15, 0.2) is 0 Å². The van der Waals surface area contributed by atoms with Crippen LogP contribution in [0.5, 0.6) is 0 Å². The zero-order valence-corrected chi connectivity index (χ0v) is 7.44. The minimum absolute atomic E-state index is 0.307. The maximum Gasteiger partial charge on any atom is 0.124 e. The Morgan fingerprint density at radius 3 is 2.73 bits per heavy atom. The molecule has 1 rings (SSSR count). The molecular weight excluding hydrogens is 140 g/mol. The van der Waals surface area contributed by atoms with Crippen LogP contribution in [0, 0.1) is 0 Å². The number of rotatable bonds is 2. The molecule has 64 valence electrons. The predicted octanol–water partition coefficient (Wildman–Crippen LogP) is 1.37. The summed E-state index contributed by atoms with van der Waals surface area (Å²) in [6, 6.07) is 0.562. The second-order valence-corrected chi connectivity index (χ2v) is 3.48. The van der Waals surface area contributed by atoms with E-state index in [-0.39, 0.29) is 0 Å². The Morgan fingerprint density at radius 1 is 1.45 bits per heavy atom. The van der Waals surface area contributed by atoms with Gasteiger partial charge in [0.25, 0.3) is 0 Å². The second-order valence-electron chi connectivity index (χ2n) is 3.48. The van der Waals surface area contributed by atoms with Crippen molar-refractivity contribution < 1.29 is 4.39 Å². The Hall–Kier alpha value is -0.0451. The van der Waals surface area contributed by atoms with Crippen LogP contribution in [0.4, 0.5) is 4.39 Å². The molecule has 1 saturated carbocycles. The second kappa shape index (κ2) is 4.10. The van der Waals surface area contributed by atoms with Gasteiger partial charge in [0.1, 0.15) is 7.28 Å². The molecule has 0 radical (unpaired) electrons. The summed E-state index contributed by atoms with van der Waals surface area (Å²) in [5.41, 5.74) is 0. The van der Waals surface area contributed by atoms with E-state index >= 15 is 0 Å². The molecule has 1 N–H and O–H groups in total. The van der Waals surface area contributed by atoms with Crippen LogP contribution in [-0.4, -0.2) is 26.5 Å². The molecule has 0 saturated heterocycles. The van der Waals surface area contributed by atoms with Gasteiger partial charge in [-0.05, 0) is 32.1 Å². The lowest BCUT2D eigenvalue weighted by Crippen LogP contribution is -2.35. The van der Waals surface area contributed by atoms with Crippen LogP contribution in [0.3, 0.4) is 0 Å². The largest absolute Gasteiger partial charge is 0.317 e. The number of hydrogen-bond acceptors (Lipinski definition) is 1. The van der Waals surface area contributed by atoms with Gasteiger partial charge in [-0.2, -0.15) is 0 Å². The molecule has 1 aliphatic carbocycles. The fourth-order valence-electron chi connectivity index (χ4n) is 1.91. The normalized spacial score (nSPS) is 38.6. The van der Waals surface area contributed by atoms with Crippen LogP contribution in [0.1, 0.15) is 19.3 Å². The Bertz CT molecular complexity index is 121. The smallest absolute Gasteiger partial charge is 0.124 e. The van der Waals surface area contributed by atoms with Gasteiger partial charge in [-0.1, -0.05) is 6.82 Å². The fraction of sp³-hybridized carbons (Fsp3) is 1.00. The highest BCUT2D eigenvalue weighted by atomic mass is 19.1. The molecule has 0 aromatic carbocycles. The summed E-state index contributed by atoms with van der Waals surface area (Å²) in [7, 11) is 2.95. The Balaban J connectivity index is 2.37. The molecule has 0 heterocycles. The minimum Gasteiger partial charge on any atom is -0.317 e. The summed E-state index contributed by atoms with van der Waals surface area (Å²) in [5.74, 6) is 0.307. The van der Waals surface area contributed by atoms with E-state index in [0.29, 0.717) is 11.9 Å². The fourth-order valence-corrected chi connectivity index (χ4v) is 1.91. The monoisotopic (exact) mass is 157 g/mol. The lowest BCUT2D eigenvalue weighted by Gasteiger charge is -2.30. The highest BCUT2D eigenvalue weighted by Gasteiger charge is 2.28. The Labute approximate surface area is 69.0 Å². The molecule has 11 heavy (non-hydrogen) atoms. The van der Waals surface area contributed by atoms with E-state index in [1.165, 1.54) is 0 Å². The number of halogens is 1. The molecular formula is C8H17BFN. The molecule has 3 unspecified atom stereocenters. The summed E-state index contributed by atoms with van der Waals surface area (Å²) in [5, 5.41) is 3.22. The summed E-state index contributed by atoms with van der Waals surface area (Å²) in [4.78, 5) is 0. The molecule has 0 bridgehead atoms. The van der Waals surface area contributed by atoms with Crippen molar-refractivity contribution >= 4 is 7.28 Å². The molecule has 0 amide bonds. The molecule has 0 spiro atoms. The predicted molar refractivity (Wildman–Crippen MR) is 48.4 cm³/mol. The molecule has 0 aromatic rings. The first-order valence-corrected chi connectivity index (χ1v) is 4.59. The molecule has 1 aliphatic rings. The molecule has 0 aliphatic heterocycles. The van der Waals surface area contributed by atoms with E-state index in [1.54, 1.807) is 0 Å². The standard InChI is InChI=1S/C8H17BFN/c1-9-7-5-6(11-2)3-4-8(7)10/h6-9,11H,3-5H2,1-2H3. The van der Waals surface area contributed by atoms with Crippen LogP contribution in [0.2, 0.25) is 12.6 Å². The molecule has 1 nitrogen and oxygen atoms in total. The molecule has 3 atom stereocenters. The molecule has 3 heteroatoms. The minimum atomic E-state index is -0.537. The van der Waals surface area contributed by atoms with Crippen molar-refractivity contribution in [2.45, 2.75) is 44.1 Å². The van der Waals surface area contributed by atoms with Gasteiger partial charge in [-0.3, -0.25) is 0 Å². The van der Waals surface area contributed by atoms with Crippen LogP contribution in [-0.2, 0) is 0 Å². The van der Waals surface area contributed by atoms with Crippen molar-refractivity contribution in [3.63, 3.8) is 0 Å². The average molecular weight is 157 g/mol. The third kappa shape index (κ3) is 2.19. The lowest BCUT2D eigenvalue weighted by molar-refractivity contribution is 0.224. The van der Waals surface area contributed by atoms with Crippen molar-refractivity contribution in [1.29, 1.82) is 0 Å². The zero-order valence-electron chi connectivity index (χ0n) is 7.44. The summed E-state index contributed by atoms with van der Waals surface area (Å²) >= 11 is 0. The summed E-state index contributed by atoms with van der Waals surface area (Å²) < 4.78 is 13.1. The zero-order chi connectivity index (χ0) is 8.27. The Morgan fingerprint density at radius 2 is 2.18 bits per heavy atom. The highest BCUT2D eigenvalue weighted by molar-refractivity contribution is 6.36. The van der Waals surface area contributed by atoms with Crippen molar-refractivity contribution in [2.24, 2.45) is 0 Å². The van der Waals surface area contributed by atoms with Crippen molar-refractivity contribution in [2.75, 3.05) is 7.05 Å². The van der Waals surface area contributed by atoms with Crippen molar-refractivity contribution in [1.82, 2.24) is 5.32 Å². The maximum atomic E-state index is 13.1. The average Bonchev–Trinajstić information content (AvgIpc) is 2.05. The molecule has 1 fully saturated rings. The van der Waals surface area contributed by atoms with Gasteiger partial charge in [0.2, 0.25) is 0 Å². The van der Waals surface area contributed by atoms with Gasteiger partial charge in [-0.15, -0.1) is 0 Å². The van der Waals surface area contributed by atoms with Crippen LogP contribution in [0.15, 0.2) is 0 Å². The first-order chi connectivity index (χ1) is 5.27. The van der Waals surface area contributed by atoms with E-state index in [9.17, 15) is 4.39 Å². The highest BCUT2D eigenvalue weighted by Crippen LogP contribution is 2.30. The van der Waals surface area contributed by atoms with Crippen LogP contribution in [0.25, 0.3) is 0 Å². The topological polar surface area (TPSA) is 12.0 Å². The van der Waals surface area contributed by atoms with Crippen LogP contribution >= 0.6 is 0 Å². The maximum absolute atomic E-state index is 13.1. The SMILES string of the molecule is CBC1CC(NC)CCC1F. The molecule has 0 aromatic heterocycles. The first-order valence-electron chi connectivity index (χ1n) is 4.59. The van der Waals surface area contributed by atoms with Crippen LogP contribution < -0.4 is 5.32 Å². The number of nitrogens with one attached hydrogen (secondary N) is 1. The van der Waals surface area contributed by atoms with Gasteiger partial charge in [0, 0.05) is 6.04 Å². The summed E-state index contributed by atoms with van der Waals surface area (Å²) in [6.07, 6.45) is 2.25. The third-order valence-electron chi connectivity index (χ3n) is 2.82. The van der Waals surface area contributed by atoms with E-state index in [4.69, 9.17) is 0 Å². The van der Waals surface area contributed by atoms with E-state index < -0.39 is 6.17 Å². The van der Waals surface area contributed by atoms with Gasteiger partial charge >= 0.3 is 0 Å². The lowest BCUT2D eigenvalue weighted by atomic mass is 9.59. The van der Waals surface area contributed by atoms with Crippen molar-refractivity contribution in [3.05, 3.63) is 0 Å². The van der Waals surface area contributed by atoms with Gasteiger partial charge in [0.05, 0.1) is 6.17 Å². The van der Waals surface area contributed by atoms with Gasteiger partial charge in [-0.25, -0.2) is 4.39 Å². The summed E-state index contributed by atoms with van der Waals surface area (Å²) in [6.45, 7) is 2.08. The van der Waals surface area contributed by atoms with Gasteiger partial charge < -0.3 is 5.32 Å².